The van der Waals surface area contributed by atoms with Gasteiger partial charge in [0.25, 0.3) is 5.91 Å². The van der Waals surface area contributed by atoms with Crippen LogP contribution in [0.25, 0.3) is 0 Å². The highest BCUT2D eigenvalue weighted by atomic mass is 79.9. The Kier molecular flexibility index (Phi) is 4.46. The third kappa shape index (κ3) is 2.77. The normalized spacial score (nSPS) is 18.3. The molecule has 2 rings (SSSR count). The standard InChI is InChI=1S/C12H15BrNO4P/c1-3-17-19(16,18-4-2)12-10-7-8(13)5-6-9(10)11(15)14-12/h5-7,12H,3-4H2,1-2H3,(H,14,15). The van der Waals surface area contributed by atoms with Gasteiger partial charge in [-0.1, -0.05) is 15.9 Å². The van der Waals surface area contributed by atoms with Gasteiger partial charge in [0, 0.05) is 15.6 Å². The molecule has 5 nitrogen and oxygen atoms in total. The lowest BCUT2D eigenvalue weighted by molar-refractivity contribution is 0.0956. The van der Waals surface area contributed by atoms with Crippen molar-refractivity contribution in [1.82, 2.24) is 5.32 Å². The lowest BCUT2D eigenvalue weighted by atomic mass is 10.1. The van der Waals surface area contributed by atoms with E-state index in [-0.39, 0.29) is 19.1 Å². The first kappa shape index (κ1) is 14.7. The highest BCUT2D eigenvalue weighted by Crippen LogP contribution is 2.61. The van der Waals surface area contributed by atoms with Gasteiger partial charge >= 0.3 is 7.60 Å². The number of rotatable bonds is 5. The van der Waals surface area contributed by atoms with Gasteiger partial charge in [0.05, 0.1) is 13.2 Å². The van der Waals surface area contributed by atoms with Crippen molar-refractivity contribution < 1.29 is 18.4 Å². The second kappa shape index (κ2) is 5.75. The first-order chi connectivity index (χ1) is 9.01. The van der Waals surface area contributed by atoms with E-state index in [0.29, 0.717) is 11.1 Å². The van der Waals surface area contributed by atoms with E-state index in [9.17, 15) is 9.36 Å². The average Bonchev–Trinajstić information content (AvgIpc) is 2.67. The van der Waals surface area contributed by atoms with E-state index in [2.05, 4.69) is 21.2 Å². The Balaban J connectivity index is 2.45. The van der Waals surface area contributed by atoms with Crippen LogP contribution in [0.5, 0.6) is 0 Å². The molecule has 0 radical (unpaired) electrons. The van der Waals surface area contributed by atoms with Gasteiger partial charge in [0.2, 0.25) is 0 Å². The third-order valence-electron chi connectivity index (χ3n) is 2.75. The highest BCUT2D eigenvalue weighted by molar-refractivity contribution is 9.10. The molecule has 19 heavy (non-hydrogen) atoms. The van der Waals surface area contributed by atoms with Gasteiger partial charge in [0.1, 0.15) is 0 Å². The molecule has 0 aromatic heterocycles. The number of carbonyl (C=O) groups is 1. The molecule has 104 valence electrons. The average molecular weight is 348 g/mol. The molecule has 1 N–H and O–H groups in total. The molecular weight excluding hydrogens is 333 g/mol. The predicted molar refractivity (Wildman–Crippen MR) is 75.2 cm³/mol. The first-order valence-electron chi connectivity index (χ1n) is 6.01. The van der Waals surface area contributed by atoms with E-state index in [4.69, 9.17) is 9.05 Å². The number of amides is 1. The van der Waals surface area contributed by atoms with Gasteiger partial charge in [-0.25, -0.2) is 0 Å². The number of halogens is 1. The summed E-state index contributed by atoms with van der Waals surface area (Å²) in [6.45, 7) is 3.99. The predicted octanol–water partition coefficient (Wildman–Crippen LogP) is 3.46. The number of benzene rings is 1. The maximum atomic E-state index is 12.8. The molecule has 1 atom stereocenters. The Morgan fingerprint density at radius 2 is 1.95 bits per heavy atom. The molecule has 1 heterocycles. The molecule has 1 amide bonds. The van der Waals surface area contributed by atoms with Crippen molar-refractivity contribution in [2.24, 2.45) is 0 Å². The van der Waals surface area contributed by atoms with Crippen LogP contribution in [0, 0.1) is 0 Å². The Morgan fingerprint density at radius 1 is 1.32 bits per heavy atom. The maximum absolute atomic E-state index is 12.8. The molecule has 0 saturated carbocycles. The molecule has 0 bridgehead atoms. The van der Waals surface area contributed by atoms with Crippen LogP contribution in [0.4, 0.5) is 0 Å². The van der Waals surface area contributed by atoms with Crippen LogP contribution >= 0.6 is 23.5 Å². The monoisotopic (exact) mass is 347 g/mol. The highest BCUT2D eigenvalue weighted by Gasteiger charge is 2.44. The maximum Gasteiger partial charge on any atom is 0.357 e. The van der Waals surface area contributed by atoms with Crippen LogP contribution in [0.3, 0.4) is 0 Å². The zero-order chi connectivity index (χ0) is 14.0. The summed E-state index contributed by atoms with van der Waals surface area (Å²) >= 11 is 3.35. The van der Waals surface area contributed by atoms with Crippen molar-refractivity contribution in [1.29, 1.82) is 0 Å². The van der Waals surface area contributed by atoms with E-state index in [0.717, 1.165) is 4.47 Å². The van der Waals surface area contributed by atoms with Crippen LogP contribution < -0.4 is 5.32 Å². The quantitative estimate of drug-likeness (QED) is 0.828. The fourth-order valence-electron chi connectivity index (χ4n) is 2.04. The molecule has 7 heteroatoms. The van der Waals surface area contributed by atoms with Crippen LogP contribution in [-0.4, -0.2) is 19.1 Å². The van der Waals surface area contributed by atoms with Gasteiger partial charge in [-0.05, 0) is 32.0 Å². The second-order valence-electron chi connectivity index (χ2n) is 3.98. The van der Waals surface area contributed by atoms with Crippen molar-refractivity contribution in [2.75, 3.05) is 13.2 Å². The Bertz CT molecular complexity index is 539. The van der Waals surface area contributed by atoms with Crippen molar-refractivity contribution in [3.8, 4) is 0 Å². The van der Waals surface area contributed by atoms with E-state index >= 15 is 0 Å². The molecule has 1 unspecified atom stereocenters. The lowest BCUT2D eigenvalue weighted by Crippen LogP contribution is -2.21. The number of fused-ring (bicyclic) bond motifs is 1. The number of nitrogens with one attached hydrogen (secondary N) is 1. The molecule has 0 aliphatic carbocycles. The van der Waals surface area contributed by atoms with Crippen LogP contribution in [0.1, 0.15) is 35.6 Å². The molecule has 0 fully saturated rings. The smallest absolute Gasteiger partial charge is 0.334 e. The molecule has 1 aliphatic rings. The summed E-state index contributed by atoms with van der Waals surface area (Å²) in [6, 6.07) is 5.23. The fraction of sp³-hybridized carbons (Fsp3) is 0.417. The topological polar surface area (TPSA) is 64.6 Å². The van der Waals surface area contributed by atoms with Gasteiger partial charge < -0.3 is 14.4 Å². The van der Waals surface area contributed by atoms with E-state index < -0.39 is 13.4 Å². The summed E-state index contributed by atoms with van der Waals surface area (Å²) in [7, 11) is -3.41. The van der Waals surface area contributed by atoms with E-state index in [1.165, 1.54) is 0 Å². The van der Waals surface area contributed by atoms with Crippen LogP contribution in [0.2, 0.25) is 0 Å². The lowest BCUT2D eigenvalue weighted by Gasteiger charge is -2.23. The summed E-state index contributed by atoms with van der Waals surface area (Å²) < 4.78 is 24.2. The molecule has 1 aromatic carbocycles. The van der Waals surface area contributed by atoms with Gasteiger partial charge in [-0.3, -0.25) is 9.36 Å². The second-order valence-corrected chi connectivity index (χ2v) is 7.01. The summed E-state index contributed by atoms with van der Waals surface area (Å²) in [5.41, 5.74) is 1.15. The van der Waals surface area contributed by atoms with Gasteiger partial charge in [-0.15, -0.1) is 0 Å². The molecule has 0 spiro atoms. The van der Waals surface area contributed by atoms with E-state index in [1.807, 2.05) is 0 Å². The largest absolute Gasteiger partial charge is 0.357 e. The molecule has 1 aliphatic heterocycles. The third-order valence-corrected chi connectivity index (χ3v) is 5.52. The number of hydrogen-bond acceptors (Lipinski definition) is 4. The zero-order valence-corrected chi connectivity index (χ0v) is 13.2. The Labute approximate surface area is 120 Å². The van der Waals surface area contributed by atoms with Crippen molar-refractivity contribution in [3.05, 3.63) is 33.8 Å². The molecule has 1 aromatic rings. The summed E-state index contributed by atoms with van der Waals surface area (Å²) in [5.74, 6) is -1.00. The van der Waals surface area contributed by atoms with E-state index in [1.54, 1.807) is 32.0 Å². The minimum Gasteiger partial charge on any atom is -0.334 e. The summed E-state index contributed by atoms with van der Waals surface area (Å²) in [6.07, 6.45) is 0. The van der Waals surface area contributed by atoms with Crippen molar-refractivity contribution >= 4 is 29.4 Å². The number of carbonyl (C=O) groups excluding carboxylic acids is 1. The van der Waals surface area contributed by atoms with Gasteiger partial charge in [0.15, 0.2) is 5.78 Å². The SMILES string of the molecule is CCOP(=O)(OCC)C1NC(=O)c2ccc(Br)cc21. The summed E-state index contributed by atoms with van der Waals surface area (Å²) in [4.78, 5) is 11.9. The minimum absolute atomic E-state index is 0.257. The Morgan fingerprint density at radius 3 is 2.53 bits per heavy atom. The van der Waals surface area contributed by atoms with Gasteiger partial charge in [-0.2, -0.15) is 0 Å². The Hall–Kier alpha value is -0.680. The minimum atomic E-state index is -3.41. The summed E-state index contributed by atoms with van der Waals surface area (Å²) in [5, 5.41) is 2.68. The molecular formula is C12H15BrNO4P. The van der Waals surface area contributed by atoms with Crippen molar-refractivity contribution in [2.45, 2.75) is 19.6 Å². The van der Waals surface area contributed by atoms with Crippen LogP contribution in [0.15, 0.2) is 22.7 Å². The zero-order valence-electron chi connectivity index (χ0n) is 10.7. The molecule has 0 saturated heterocycles. The fourth-order valence-corrected chi connectivity index (χ4v) is 4.34. The van der Waals surface area contributed by atoms with Crippen LogP contribution in [-0.2, 0) is 13.6 Å². The first-order valence-corrected chi connectivity index (χ1v) is 8.41. The number of hydrogen-bond donors (Lipinski definition) is 1. The van der Waals surface area contributed by atoms with Crippen molar-refractivity contribution in [3.63, 3.8) is 0 Å².